The van der Waals surface area contributed by atoms with Crippen LogP contribution in [0.3, 0.4) is 0 Å². The lowest BCUT2D eigenvalue weighted by atomic mass is 9.68. The number of nitrogens with zero attached hydrogens (tertiary/aromatic N) is 1. The largest absolute Gasteiger partial charge is 0.351 e. The number of hydrogen-bond acceptors (Lipinski definition) is 3. The lowest BCUT2D eigenvalue weighted by Crippen LogP contribution is -2.50. The summed E-state index contributed by atoms with van der Waals surface area (Å²) in [6.45, 7) is 3.01. The van der Waals surface area contributed by atoms with Gasteiger partial charge < -0.3 is 11.1 Å². The fraction of sp³-hybridized carbons (Fsp3) is 0.538. The molecule has 92 valence electrons. The summed E-state index contributed by atoms with van der Waals surface area (Å²) in [6.07, 6.45) is 6.51. The highest BCUT2D eigenvalue weighted by Gasteiger charge is 2.42. The smallest absolute Gasteiger partial charge is 0.227 e. The summed E-state index contributed by atoms with van der Waals surface area (Å²) in [5, 5.41) is 2.99. The van der Waals surface area contributed by atoms with Gasteiger partial charge in [-0.05, 0) is 37.0 Å². The van der Waals surface area contributed by atoms with Crippen molar-refractivity contribution in [3.63, 3.8) is 0 Å². The molecule has 17 heavy (non-hydrogen) atoms. The van der Waals surface area contributed by atoms with Gasteiger partial charge in [0.05, 0.1) is 5.41 Å². The lowest BCUT2D eigenvalue weighted by molar-refractivity contribution is -0.135. The zero-order valence-electron chi connectivity index (χ0n) is 10.2. The molecule has 1 aliphatic rings. The molecule has 1 aromatic rings. The zero-order valence-corrected chi connectivity index (χ0v) is 10.2. The Morgan fingerprint density at radius 3 is 2.88 bits per heavy atom. The molecule has 1 saturated carbocycles. The first-order valence-electron chi connectivity index (χ1n) is 6.06. The SMILES string of the molecule is Cc1cnccc1CNC(=O)C1(CN)CCC1. The molecule has 3 N–H and O–H groups in total. The van der Waals surface area contributed by atoms with Gasteiger partial charge in [0.2, 0.25) is 5.91 Å². The molecule has 0 aromatic carbocycles. The molecule has 0 bridgehead atoms. The molecular formula is C13H19N3O. The van der Waals surface area contributed by atoms with Gasteiger partial charge in [0.25, 0.3) is 0 Å². The Morgan fingerprint density at radius 1 is 1.59 bits per heavy atom. The van der Waals surface area contributed by atoms with Gasteiger partial charge in [-0.25, -0.2) is 0 Å². The highest BCUT2D eigenvalue weighted by Crippen LogP contribution is 2.40. The molecule has 4 nitrogen and oxygen atoms in total. The van der Waals surface area contributed by atoms with Crippen molar-refractivity contribution in [2.75, 3.05) is 6.54 Å². The van der Waals surface area contributed by atoms with E-state index in [0.29, 0.717) is 13.1 Å². The summed E-state index contributed by atoms with van der Waals surface area (Å²) >= 11 is 0. The third-order valence-electron chi connectivity index (χ3n) is 3.76. The summed E-state index contributed by atoms with van der Waals surface area (Å²) in [4.78, 5) is 16.1. The standard InChI is InChI=1S/C13H19N3O/c1-10-7-15-6-3-11(10)8-16-12(17)13(9-14)4-2-5-13/h3,6-7H,2,4-5,8-9,14H2,1H3,(H,16,17). The van der Waals surface area contributed by atoms with E-state index in [4.69, 9.17) is 5.73 Å². The van der Waals surface area contributed by atoms with Crippen molar-refractivity contribution in [1.29, 1.82) is 0 Å². The molecule has 1 aromatic heterocycles. The van der Waals surface area contributed by atoms with Gasteiger partial charge in [0.15, 0.2) is 0 Å². The first kappa shape index (κ1) is 12.0. The molecule has 1 heterocycles. The number of carbonyl (C=O) groups is 1. The van der Waals surface area contributed by atoms with Crippen molar-refractivity contribution in [3.8, 4) is 0 Å². The van der Waals surface area contributed by atoms with Crippen molar-refractivity contribution in [2.45, 2.75) is 32.7 Å². The summed E-state index contributed by atoms with van der Waals surface area (Å²) in [6, 6.07) is 1.94. The van der Waals surface area contributed by atoms with Crippen LogP contribution < -0.4 is 11.1 Å². The fourth-order valence-electron chi connectivity index (χ4n) is 2.19. The van der Waals surface area contributed by atoms with Crippen molar-refractivity contribution in [3.05, 3.63) is 29.6 Å². The van der Waals surface area contributed by atoms with Crippen LogP contribution in [-0.2, 0) is 11.3 Å². The molecule has 1 amide bonds. The van der Waals surface area contributed by atoms with Crippen LogP contribution in [-0.4, -0.2) is 17.4 Å². The average molecular weight is 233 g/mol. The van der Waals surface area contributed by atoms with E-state index in [-0.39, 0.29) is 11.3 Å². The second kappa shape index (κ2) is 4.84. The van der Waals surface area contributed by atoms with Gasteiger partial charge in [0.1, 0.15) is 0 Å². The summed E-state index contributed by atoms with van der Waals surface area (Å²) in [7, 11) is 0. The fourth-order valence-corrected chi connectivity index (χ4v) is 2.19. The van der Waals surface area contributed by atoms with Crippen LogP contribution in [0.2, 0.25) is 0 Å². The lowest BCUT2D eigenvalue weighted by Gasteiger charge is -2.39. The predicted octanol–water partition coefficient (Wildman–Crippen LogP) is 1.14. The first-order valence-corrected chi connectivity index (χ1v) is 6.06. The molecule has 0 spiro atoms. The Labute approximate surface area is 102 Å². The van der Waals surface area contributed by atoms with Crippen LogP contribution in [0.15, 0.2) is 18.5 Å². The van der Waals surface area contributed by atoms with Crippen LogP contribution in [0, 0.1) is 12.3 Å². The van der Waals surface area contributed by atoms with Crippen molar-refractivity contribution in [2.24, 2.45) is 11.1 Å². The van der Waals surface area contributed by atoms with Gasteiger partial charge in [-0.2, -0.15) is 0 Å². The maximum atomic E-state index is 12.1. The number of rotatable bonds is 4. The third kappa shape index (κ3) is 2.31. The zero-order chi connectivity index (χ0) is 12.3. The molecule has 0 radical (unpaired) electrons. The van der Waals surface area contributed by atoms with Crippen LogP contribution >= 0.6 is 0 Å². The Balaban J connectivity index is 1.95. The van der Waals surface area contributed by atoms with Crippen LogP contribution in [0.4, 0.5) is 0 Å². The number of amides is 1. The second-order valence-corrected chi connectivity index (χ2v) is 4.82. The topological polar surface area (TPSA) is 68.0 Å². The molecule has 0 aliphatic heterocycles. The number of pyridine rings is 1. The number of nitrogens with one attached hydrogen (secondary N) is 1. The monoisotopic (exact) mass is 233 g/mol. The van der Waals surface area contributed by atoms with Crippen molar-refractivity contribution >= 4 is 5.91 Å². The number of aryl methyl sites for hydroxylation is 1. The van der Waals surface area contributed by atoms with E-state index in [1.165, 1.54) is 0 Å². The molecule has 4 heteroatoms. The van der Waals surface area contributed by atoms with E-state index >= 15 is 0 Å². The minimum atomic E-state index is -0.291. The van der Waals surface area contributed by atoms with E-state index < -0.39 is 0 Å². The summed E-state index contributed by atoms with van der Waals surface area (Å²) < 4.78 is 0. The van der Waals surface area contributed by atoms with Crippen LogP contribution in [0.5, 0.6) is 0 Å². The molecule has 1 fully saturated rings. The maximum Gasteiger partial charge on any atom is 0.227 e. The van der Waals surface area contributed by atoms with Crippen molar-refractivity contribution in [1.82, 2.24) is 10.3 Å². The average Bonchev–Trinajstić information content (AvgIpc) is 2.27. The quantitative estimate of drug-likeness (QED) is 0.819. The third-order valence-corrected chi connectivity index (χ3v) is 3.76. The minimum Gasteiger partial charge on any atom is -0.351 e. The van der Waals surface area contributed by atoms with Gasteiger partial charge in [-0.1, -0.05) is 6.42 Å². The van der Waals surface area contributed by atoms with Crippen molar-refractivity contribution < 1.29 is 4.79 Å². The highest BCUT2D eigenvalue weighted by atomic mass is 16.2. The molecule has 2 rings (SSSR count). The number of nitrogens with two attached hydrogens (primary N) is 1. The van der Waals surface area contributed by atoms with E-state index in [2.05, 4.69) is 10.3 Å². The minimum absolute atomic E-state index is 0.0995. The number of hydrogen-bond donors (Lipinski definition) is 2. The second-order valence-electron chi connectivity index (χ2n) is 4.82. The van der Waals surface area contributed by atoms with Gasteiger partial charge in [-0.3, -0.25) is 9.78 Å². The molecule has 1 aliphatic carbocycles. The molecule has 0 saturated heterocycles. The van der Waals surface area contributed by atoms with E-state index in [9.17, 15) is 4.79 Å². The van der Waals surface area contributed by atoms with E-state index in [1.807, 2.05) is 19.2 Å². The molecule has 0 unspecified atom stereocenters. The van der Waals surface area contributed by atoms with E-state index in [0.717, 1.165) is 30.4 Å². The Hall–Kier alpha value is -1.42. The van der Waals surface area contributed by atoms with Gasteiger partial charge >= 0.3 is 0 Å². The Kier molecular flexibility index (Phi) is 3.43. The Morgan fingerprint density at radius 2 is 2.35 bits per heavy atom. The summed E-state index contributed by atoms with van der Waals surface area (Å²) in [5.41, 5.74) is 7.62. The summed E-state index contributed by atoms with van der Waals surface area (Å²) in [5.74, 6) is 0.0995. The predicted molar refractivity (Wildman–Crippen MR) is 66.2 cm³/mol. The highest BCUT2D eigenvalue weighted by molar-refractivity contribution is 5.83. The normalized spacial score (nSPS) is 17.3. The van der Waals surface area contributed by atoms with Crippen LogP contribution in [0.25, 0.3) is 0 Å². The number of carbonyl (C=O) groups excluding carboxylic acids is 1. The number of aromatic nitrogens is 1. The first-order chi connectivity index (χ1) is 8.18. The molecule has 0 atom stereocenters. The molecular weight excluding hydrogens is 214 g/mol. The Bertz CT molecular complexity index is 407. The van der Waals surface area contributed by atoms with Gasteiger partial charge in [-0.15, -0.1) is 0 Å². The van der Waals surface area contributed by atoms with Gasteiger partial charge in [0, 0.05) is 25.5 Å². The van der Waals surface area contributed by atoms with E-state index in [1.54, 1.807) is 6.20 Å². The maximum absolute atomic E-state index is 12.1. The van der Waals surface area contributed by atoms with Crippen LogP contribution in [0.1, 0.15) is 30.4 Å².